The summed E-state index contributed by atoms with van der Waals surface area (Å²) in [7, 11) is 0. The zero-order valence-corrected chi connectivity index (χ0v) is 13.7. The normalized spacial score (nSPS) is 17.4. The van der Waals surface area contributed by atoms with Crippen LogP contribution in [0.1, 0.15) is 36.9 Å². The van der Waals surface area contributed by atoms with Crippen LogP contribution in [-0.4, -0.2) is 28.9 Å². The van der Waals surface area contributed by atoms with E-state index in [0.29, 0.717) is 13.1 Å². The highest BCUT2D eigenvalue weighted by Gasteiger charge is 2.37. The third kappa shape index (κ3) is 3.80. The van der Waals surface area contributed by atoms with Crippen LogP contribution < -0.4 is 0 Å². The molecule has 2 aromatic rings. The Hall–Kier alpha value is -2.13. The second-order valence-corrected chi connectivity index (χ2v) is 6.17. The van der Waals surface area contributed by atoms with Gasteiger partial charge in [-0.05, 0) is 24.1 Å². The van der Waals surface area contributed by atoms with E-state index in [-0.39, 0.29) is 11.9 Å². The lowest BCUT2D eigenvalue weighted by atomic mass is 9.94. The van der Waals surface area contributed by atoms with Crippen molar-refractivity contribution in [1.82, 2.24) is 9.80 Å². The summed E-state index contributed by atoms with van der Waals surface area (Å²) < 4.78 is 0. The fraction of sp³-hybridized carbons (Fsp3) is 0.350. The maximum atomic E-state index is 12.1. The van der Waals surface area contributed by atoms with E-state index >= 15 is 0 Å². The highest BCUT2D eigenvalue weighted by Crippen LogP contribution is 2.34. The van der Waals surface area contributed by atoms with E-state index in [1.165, 1.54) is 11.1 Å². The van der Waals surface area contributed by atoms with Gasteiger partial charge in [-0.2, -0.15) is 0 Å². The minimum atomic E-state index is 0.235. The number of β-lactam (4-membered cyclic amide) rings is 1. The third-order valence-electron chi connectivity index (χ3n) is 4.39. The number of carbonyl (C=O) groups is 1. The smallest absolute Gasteiger partial charge is 0.226 e. The van der Waals surface area contributed by atoms with E-state index in [9.17, 15) is 4.79 Å². The summed E-state index contributed by atoms with van der Waals surface area (Å²) in [6, 6.07) is 21.1. The molecule has 1 unspecified atom stereocenters. The average molecular weight is 308 g/mol. The lowest BCUT2D eigenvalue weighted by Gasteiger charge is -2.43. The van der Waals surface area contributed by atoms with E-state index in [4.69, 9.17) is 0 Å². The molecule has 3 rings (SSSR count). The first-order valence-electron chi connectivity index (χ1n) is 8.38. The van der Waals surface area contributed by atoms with Crippen molar-refractivity contribution in [3.63, 3.8) is 0 Å². The number of amides is 1. The first-order chi connectivity index (χ1) is 11.3. The minimum absolute atomic E-state index is 0.235. The SMILES string of the molecule is CCCN(Cc1ccccc1)CN1C(=O)CC1c1ccccc1. The number of hydrogen-bond acceptors (Lipinski definition) is 2. The Kier molecular flexibility index (Phi) is 5.09. The molecule has 0 N–H and O–H groups in total. The van der Waals surface area contributed by atoms with Gasteiger partial charge in [-0.15, -0.1) is 0 Å². The van der Waals surface area contributed by atoms with Crippen molar-refractivity contribution < 1.29 is 4.79 Å². The van der Waals surface area contributed by atoms with Gasteiger partial charge in [0, 0.05) is 6.54 Å². The second-order valence-electron chi connectivity index (χ2n) is 6.17. The summed E-state index contributed by atoms with van der Waals surface area (Å²) in [6.07, 6.45) is 1.72. The summed E-state index contributed by atoms with van der Waals surface area (Å²) in [5.41, 5.74) is 2.54. The van der Waals surface area contributed by atoms with E-state index in [1.807, 2.05) is 29.2 Å². The minimum Gasteiger partial charge on any atom is -0.322 e. The number of hydrogen-bond donors (Lipinski definition) is 0. The Balaban J connectivity index is 1.67. The molecule has 0 aromatic heterocycles. The Bertz CT molecular complexity index is 627. The molecular formula is C20H24N2O. The van der Waals surface area contributed by atoms with Gasteiger partial charge in [0.25, 0.3) is 0 Å². The lowest BCUT2D eigenvalue weighted by molar-refractivity contribution is -0.150. The molecule has 1 fully saturated rings. The molecular weight excluding hydrogens is 284 g/mol. The quantitative estimate of drug-likeness (QED) is 0.726. The standard InChI is InChI=1S/C20H24N2O/c1-2-13-21(15-17-9-5-3-6-10-17)16-22-19(14-20(22)23)18-11-7-4-8-12-18/h3-12,19H,2,13-16H2,1H3. The molecule has 0 spiro atoms. The van der Waals surface area contributed by atoms with E-state index in [0.717, 1.165) is 19.5 Å². The van der Waals surface area contributed by atoms with Crippen molar-refractivity contribution in [2.24, 2.45) is 0 Å². The van der Waals surface area contributed by atoms with Crippen LogP contribution in [0.4, 0.5) is 0 Å². The van der Waals surface area contributed by atoms with Crippen LogP contribution in [0.5, 0.6) is 0 Å². The molecule has 0 radical (unpaired) electrons. The summed E-state index contributed by atoms with van der Waals surface area (Å²) in [4.78, 5) is 16.5. The molecule has 120 valence electrons. The van der Waals surface area contributed by atoms with Gasteiger partial charge in [-0.25, -0.2) is 0 Å². The van der Waals surface area contributed by atoms with Crippen LogP contribution in [0.3, 0.4) is 0 Å². The molecule has 1 aliphatic heterocycles. The predicted molar refractivity (Wildman–Crippen MR) is 92.7 cm³/mol. The highest BCUT2D eigenvalue weighted by molar-refractivity contribution is 5.83. The van der Waals surface area contributed by atoms with Crippen LogP contribution in [0.25, 0.3) is 0 Å². The molecule has 1 saturated heterocycles. The number of carbonyl (C=O) groups excluding carboxylic acids is 1. The van der Waals surface area contributed by atoms with E-state index in [2.05, 4.69) is 48.2 Å². The van der Waals surface area contributed by atoms with Crippen LogP contribution in [0.15, 0.2) is 60.7 Å². The molecule has 1 aliphatic rings. The molecule has 3 heteroatoms. The van der Waals surface area contributed by atoms with Crippen molar-refractivity contribution in [1.29, 1.82) is 0 Å². The summed E-state index contributed by atoms with van der Waals surface area (Å²) in [5, 5.41) is 0. The Morgan fingerprint density at radius 1 is 1.04 bits per heavy atom. The van der Waals surface area contributed by atoms with Gasteiger partial charge in [0.1, 0.15) is 0 Å². The summed E-state index contributed by atoms with van der Waals surface area (Å²) in [5.74, 6) is 0.257. The third-order valence-corrected chi connectivity index (χ3v) is 4.39. The maximum Gasteiger partial charge on any atom is 0.226 e. The van der Waals surface area contributed by atoms with Gasteiger partial charge in [-0.3, -0.25) is 9.69 Å². The zero-order chi connectivity index (χ0) is 16.1. The zero-order valence-electron chi connectivity index (χ0n) is 13.7. The number of benzene rings is 2. The monoisotopic (exact) mass is 308 g/mol. The van der Waals surface area contributed by atoms with Crippen LogP contribution in [0, 0.1) is 0 Å². The van der Waals surface area contributed by atoms with E-state index in [1.54, 1.807) is 0 Å². The van der Waals surface area contributed by atoms with Crippen molar-refractivity contribution in [2.45, 2.75) is 32.4 Å². The van der Waals surface area contributed by atoms with Crippen LogP contribution in [0.2, 0.25) is 0 Å². The van der Waals surface area contributed by atoms with E-state index < -0.39 is 0 Å². The topological polar surface area (TPSA) is 23.6 Å². The molecule has 23 heavy (non-hydrogen) atoms. The Labute approximate surface area is 138 Å². The first-order valence-corrected chi connectivity index (χ1v) is 8.38. The number of rotatable bonds is 7. The van der Waals surface area contributed by atoms with Gasteiger partial charge >= 0.3 is 0 Å². The Morgan fingerprint density at radius 2 is 1.70 bits per heavy atom. The summed E-state index contributed by atoms with van der Waals surface area (Å²) in [6.45, 7) is 4.78. The largest absolute Gasteiger partial charge is 0.322 e. The molecule has 0 bridgehead atoms. The average Bonchev–Trinajstić information content (AvgIpc) is 2.59. The van der Waals surface area contributed by atoms with Crippen LogP contribution in [-0.2, 0) is 11.3 Å². The number of likely N-dealkylation sites (tertiary alicyclic amines) is 1. The Morgan fingerprint density at radius 3 is 2.30 bits per heavy atom. The van der Waals surface area contributed by atoms with Gasteiger partial charge in [0.15, 0.2) is 0 Å². The van der Waals surface area contributed by atoms with Gasteiger partial charge < -0.3 is 4.90 Å². The van der Waals surface area contributed by atoms with Crippen molar-refractivity contribution >= 4 is 5.91 Å². The molecule has 2 aromatic carbocycles. The maximum absolute atomic E-state index is 12.1. The summed E-state index contributed by atoms with van der Waals surface area (Å²) >= 11 is 0. The lowest BCUT2D eigenvalue weighted by Crippen LogP contribution is -2.51. The van der Waals surface area contributed by atoms with Gasteiger partial charge in [-0.1, -0.05) is 67.6 Å². The second kappa shape index (κ2) is 7.42. The molecule has 0 aliphatic carbocycles. The molecule has 1 atom stereocenters. The first kappa shape index (κ1) is 15.8. The van der Waals surface area contributed by atoms with Gasteiger partial charge in [0.05, 0.1) is 19.1 Å². The number of nitrogens with zero attached hydrogens (tertiary/aromatic N) is 2. The van der Waals surface area contributed by atoms with Crippen molar-refractivity contribution in [3.8, 4) is 0 Å². The predicted octanol–water partition coefficient (Wildman–Crippen LogP) is 3.83. The van der Waals surface area contributed by atoms with Gasteiger partial charge in [0.2, 0.25) is 5.91 Å². The molecule has 0 saturated carbocycles. The molecule has 1 heterocycles. The highest BCUT2D eigenvalue weighted by atomic mass is 16.2. The fourth-order valence-electron chi connectivity index (χ4n) is 3.18. The molecule has 1 amide bonds. The van der Waals surface area contributed by atoms with Crippen molar-refractivity contribution in [2.75, 3.05) is 13.2 Å². The van der Waals surface area contributed by atoms with Crippen molar-refractivity contribution in [3.05, 3.63) is 71.8 Å². The molecule has 3 nitrogen and oxygen atoms in total. The fourth-order valence-corrected chi connectivity index (χ4v) is 3.18. The van der Waals surface area contributed by atoms with Crippen LogP contribution >= 0.6 is 0 Å².